The third-order valence-electron chi connectivity index (χ3n) is 3.01. The van der Waals surface area contributed by atoms with Gasteiger partial charge in [-0.3, -0.25) is 4.79 Å². The SMILES string of the molecule is CCCNC(C)(CCSc1ccccc1F)C(N)=O. The zero-order chi connectivity index (χ0) is 14.3. The molecule has 0 heterocycles. The first-order valence-corrected chi connectivity index (χ1v) is 7.40. The topological polar surface area (TPSA) is 55.1 Å². The van der Waals surface area contributed by atoms with E-state index in [2.05, 4.69) is 5.32 Å². The van der Waals surface area contributed by atoms with Crippen LogP contribution in [-0.4, -0.2) is 23.7 Å². The number of halogens is 1. The van der Waals surface area contributed by atoms with Crippen LogP contribution in [0.3, 0.4) is 0 Å². The summed E-state index contributed by atoms with van der Waals surface area (Å²) in [5.41, 5.74) is 4.71. The molecule has 1 atom stereocenters. The van der Waals surface area contributed by atoms with Gasteiger partial charge in [0.15, 0.2) is 0 Å². The van der Waals surface area contributed by atoms with Crippen molar-refractivity contribution in [3.63, 3.8) is 0 Å². The molecule has 3 nitrogen and oxygen atoms in total. The molecule has 0 saturated carbocycles. The van der Waals surface area contributed by atoms with Gasteiger partial charge in [0.2, 0.25) is 5.91 Å². The van der Waals surface area contributed by atoms with Crippen LogP contribution < -0.4 is 11.1 Å². The molecule has 0 radical (unpaired) electrons. The molecule has 0 aliphatic carbocycles. The van der Waals surface area contributed by atoms with Gasteiger partial charge < -0.3 is 11.1 Å². The largest absolute Gasteiger partial charge is 0.368 e. The lowest BCUT2D eigenvalue weighted by Gasteiger charge is -2.27. The predicted octanol–water partition coefficient (Wildman–Crippen LogP) is 2.55. The number of rotatable bonds is 8. The molecule has 1 rings (SSSR count). The second-order valence-electron chi connectivity index (χ2n) is 4.65. The van der Waals surface area contributed by atoms with Gasteiger partial charge in [-0.1, -0.05) is 19.1 Å². The molecular weight excluding hydrogens is 263 g/mol. The molecule has 0 saturated heterocycles. The quantitative estimate of drug-likeness (QED) is 0.721. The molecule has 1 amide bonds. The fourth-order valence-electron chi connectivity index (χ4n) is 1.63. The van der Waals surface area contributed by atoms with Crippen LogP contribution in [0.1, 0.15) is 26.7 Å². The minimum absolute atomic E-state index is 0.227. The van der Waals surface area contributed by atoms with Gasteiger partial charge in [0, 0.05) is 10.6 Å². The number of nitrogens with two attached hydrogens (primary N) is 1. The van der Waals surface area contributed by atoms with E-state index in [1.807, 2.05) is 6.92 Å². The summed E-state index contributed by atoms with van der Waals surface area (Å²) in [6.45, 7) is 4.57. The lowest BCUT2D eigenvalue weighted by molar-refractivity contribution is -0.123. The van der Waals surface area contributed by atoms with Crippen molar-refractivity contribution in [1.82, 2.24) is 5.32 Å². The number of benzene rings is 1. The fourth-order valence-corrected chi connectivity index (χ4v) is 2.74. The highest BCUT2D eigenvalue weighted by molar-refractivity contribution is 7.99. The Morgan fingerprint density at radius 2 is 2.16 bits per heavy atom. The summed E-state index contributed by atoms with van der Waals surface area (Å²) in [6, 6.07) is 6.63. The smallest absolute Gasteiger partial charge is 0.237 e. The molecule has 1 aromatic carbocycles. The van der Waals surface area contributed by atoms with Crippen LogP contribution >= 0.6 is 11.8 Å². The van der Waals surface area contributed by atoms with Crippen molar-refractivity contribution in [3.8, 4) is 0 Å². The molecule has 0 aromatic heterocycles. The zero-order valence-corrected chi connectivity index (χ0v) is 12.2. The van der Waals surface area contributed by atoms with Gasteiger partial charge in [0.05, 0.1) is 5.54 Å². The maximum absolute atomic E-state index is 13.4. The third-order valence-corrected chi connectivity index (χ3v) is 4.06. The van der Waals surface area contributed by atoms with Gasteiger partial charge in [0.1, 0.15) is 5.82 Å². The number of carbonyl (C=O) groups excluding carboxylic acids is 1. The van der Waals surface area contributed by atoms with Crippen molar-refractivity contribution >= 4 is 17.7 Å². The number of hydrogen-bond donors (Lipinski definition) is 2. The maximum Gasteiger partial charge on any atom is 0.237 e. The summed E-state index contributed by atoms with van der Waals surface area (Å²) < 4.78 is 13.4. The molecule has 1 aromatic rings. The highest BCUT2D eigenvalue weighted by Crippen LogP contribution is 2.24. The van der Waals surface area contributed by atoms with E-state index >= 15 is 0 Å². The van der Waals surface area contributed by atoms with Gasteiger partial charge in [-0.05, 0) is 38.4 Å². The Kier molecular flexibility index (Phi) is 6.31. The summed E-state index contributed by atoms with van der Waals surface area (Å²) in [4.78, 5) is 12.1. The first-order chi connectivity index (χ1) is 8.99. The molecule has 0 fully saturated rings. The van der Waals surface area contributed by atoms with Crippen LogP contribution in [0.15, 0.2) is 29.2 Å². The first-order valence-electron chi connectivity index (χ1n) is 6.42. The second kappa shape index (κ2) is 7.50. The van der Waals surface area contributed by atoms with Crippen molar-refractivity contribution in [2.75, 3.05) is 12.3 Å². The number of thioether (sulfide) groups is 1. The van der Waals surface area contributed by atoms with Crippen molar-refractivity contribution < 1.29 is 9.18 Å². The zero-order valence-electron chi connectivity index (χ0n) is 11.4. The van der Waals surface area contributed by atoms with Gasteiger partial charge in [0.25, 0.3) is 0 Å². The molecule has 0 aliphatic rings. The van der Waals surface area contributed by atoms with Gasteiger partial charge in [-0.25, -0.2) is 4.39 Å². The Balaban J connectivity index is 2.53. The van der Waals surface area contributed by atoms with Crippen molar-refractivity contribution in [3.05, 3.63) is 30.1 Å². The van der Waals surface area contributed by atoms with E-state index in [1.165, 1.54) is 17.8 Å². The molecule has 19 heavy (non-hydrogen) atoms. The summed E-state index contributed by atoms with van der Waals surface area (Å²) in [7, 11) is 0. The normalized spacial score (nSPS) is 14.1. The number of amides is 1. The molecule has 0 aliphatic heterocycles. The molecule has 106 valence electrons. The number of hydrogen-bond acceptors (Lipinski definition) is 3. The highest BCUT2D eigenvalue weighted by atomic mass is 32.2. The number of primary amides is 1. The standard InChI is InChI=1S/C14H21FN2OS/c1-3-9-17-14(2,13(16)18)8-10-19-12-7-5-4-6-11(12)15/h4-7,17H,3,8-10H2,1-2H3,(H2,16,18). The molecule has 0 bridgehead atoms. The Morgan fingerprint density at radius 1 is 1.47 bits per heavy atom. The molecular formula is C14H21FN2OS. The third kappa shape index (κ3) is 4.84. The van der Waals surface area contributed by atoms with E-state index in [1.54, 1.807) is 25.1 Å². The van der Waals surface area contributed by atoms with Crippen LogP contribution in [0.5, 0.6) is 0 Å². The Morgan fingerprint density at radius 3 is 2.74 bits per heavy atom. The number of carbonyl (C=O) groups is 1. The molecule has 5 heteroatoms. The van der Waals surface area contributed by atoms with Crippen molar-refractivity contribution in [1.29, 1.82) is 0 Å². The minimum atomic E-state index is -0.728. The molecule has 0 spiro atoms. The van der Waals surface area contributed by atoms with Crippen LogP contribution in [0, 0.1) is 5.82 Å². The van der Waals surface area contributed by atoms with Crippen LogP contribution in [0.4, 0.5) is 4.39 Å². The molecule has 1 unspecified atom stereocenters. The predicted molar refractivity (Wildman–Crippen MR) is 77.6 cm³/mol. The first kappa shape index (κ1) is 16.0. The van der Waals surface area contributed by atoms with E-state index in [0.717, 1.165) is 13.0 Å². The number of nitrogens with one attached hydrogen (secondary N) is 1. The highest BCUT2D eigenvalue weighted by Gasteiger charge is 2.29. The van der Waals surface area contributed by atoms with Gasteiger partial charge >= 0.3 is 0 Å². The lowest BCUT2D eigenvalue weighted by Crippen LogP contribution is -2.53. The van der Waals surface area contributed by atoms with E-state index in [-0.39, 0.29) is 11.7 Å². The Hall–Kier alpha value is -1.07. The fraction of sp³-hybridized carbons (Fsp3) is 0.500. The maximum atomic E-state index is 13.4. The summed E-state index contributed by atoms with van der Waals surface area (Å²) in [6.07, 6.45) is 1.50. The monoisotopic (exact) mass is 284 g/mol. The van der Waals surface area contributed by atoms with Crippen molar-refractivity contribution in [2.24, 2.45) is 5.73 Å². The lowest BCUT2D eigenvalue weighted by atomic mass is 9.98. The van der Waals surface area contributed by atoms with Gasteiger partial charge in [-0.15, -0.1) is 11.8 Å². The van der Waals surface area contributed by atoms with E-state index in [9.17, 15) is 9.18 Å². The second-order valence-corrected chi connectivity index (χ2v) is 5.79. The Labute approximate surface area is 118 Å². The average Bonchev–Trinajstić information content (AvgIpc) is 2.38. The summed E-state index contributed by atoms with van der Waals surface area (Å²) in [5, 5.41) is 3.16. The van der Waals surface area contributed by atoms with Gasteiger partial charge in [-0.2, -0.15) is 0 Å². The van der Waals surface area contributed by atoms with Crippen LogP contribution in [0.2, 0.25) is 0 Å². The summed E-state index contributed by atoms with van der Waals surface area (Å²) >= 11 is 1.40. The van der Waals surface area contributed by atoms with Crippen LogP contribution in [-0.2, 0) is 4.79 Å². The summed E-state index contributed by atoms with van der Waals surface area (Å²) in [5.74, 6) is 0.0433. The van der Waals surface area contributed by atoms with E-state index in [0.29, 0.717) is 17.1 Å². The molecule has 3 N–H and O–H groups in total. The van der Waals surface area contributed by atoms with Crippen molar-refractivity contribution in [2.45, 2.75) is 37.1 Å². The van der Waals surface area contributed by atoms with E-state index < -0.39 is 5.54 Å². The van der Waals surface area contributed by atoms with E-state index in [4.69, 9.17) is 5.73 Å². The van der Waals surface area contributed by atoms with Crippen LogP contribution in [0.25, 0.3) is 0 Å². The Bertz CT molecular complexity index is 428. The minimum Gasteiger partial charge on any atom is -0.368 e. The average molecular weight is 284 g/mol.